The maximum absolute atomic E-state index is 12.6. The minimum absolute atomic E-state index is 0.207. The third kappa shape index (κ3) is 3.20. The van der Waals surface area contributed by atoms with Gasteiger partial charge in [0.05, 0.1) is 18.3 Å². The maximum Gasteiger partial charge on any atom is 0.279 e. The molecule has 2 aromatic carbocycles. The summed E-state index contributed by atoms with van der Waals surface area (Å²) in [6.07, 6.45) is 4.79. The van der Waals surface area contributed by atoms with E-state index in [2.05, 4.69) is 4.98 Å². The van der Waals surface area contributed by atoms with Crippen LogP contribution in [0.4, 0.5) is 0 Å². The number of para-hydroxylation sites is 1. The molecule has 28 heavy (non-hydrogen) atoms. The second-order valence-electron chi connectivity index (χ2n) is 6.46. The average molecular weight is 373 g/mol. The Morgan fingerprint density at radius 3 is 2.61 bits per heavy atom. The van der Waals surface area contributed by atoms with Gasteiger partial charge in [-0.3, -0.25) is 18.7 Å². The van der Waals surface area contributed by atoms with E-state index >= 15 is 0 Å². The number of benzene rings is 2. The van der Waals surface area contributed by atoms with Crippen molar-refractivity contribution in [1.29, 1.82) is 0 Å². The molecule has 0 spiro atoms. The molecule has 0 saturated carbocycles. The Morgan fingerprint density at radius 1 is 1.07 bits per heavy atom. The van der Waals surface area contributed by atoms with Crippen LogP contribution in [-0.4, -0.2) is 27.1 Å². The minimum Gasteiger partial charge on any atom is -0.477 e. The molecule has 2 heterocycles. The first kappa shape index (κ1) is 17.7. The molecule has 0 radical (unpaired) electrons. The number of carbonyl (C=O) groups is 1. The summed E-state index contributed by atoms with van der Waals surface area (Å²) in [5.41, 5.74) is 2.84. The van der Waals surface area contributed by atoms with Crippen LogP contribution in [0, 0.1) is 0 Å². The summed E-state index contributed by atoms with van der Waals surface area (Å²) in [6.45, 7) is 0.368. The summed E-state index contributed by atoms with van der Waals surface area (Å²) in [7, 11) is 1.67. The van der Waals surface area contributed by atoms with Crippen molar-refractivity contribution in [3.63, 3.8) is 0 Å². The van der Waals surface area contributed by atoms with Crippen LogP contribution < -0.4 is 10.3 Å². The predicted octanol–water partition coefficient (Wildman–Crippen LogP) is 3.06. The first-order chi connectivity index (χ1) is 13.7. The van der Waals surface area contributed by atoms with Gasteiger partial charge in [-0.05, 0) is 11.6 Å². The van der Waals surface area contributed by atoms with Crippen LogP contribution in [0.1, 0.15) is 5.56 Å². The van der Waals surface area contributed by atoms with Crippen molar-refractivity contribution in [3.8, 4) is 17.1 Å². The second kappa shape index (κ2) is 7.52. The molecule has 140 valence electrons. The maximum atomic E-state index is 12.6. The molecule has 0 aliphatic carbocycles. The van der Waals surface area contributed by atoms with Gasteiger partial charge in [-0.2, -0.15) is 0 Å². The Balaban J connectivity index is 1.53. The number of rotatable bonds is 6. The highest BCUT2D eigenvalue weighted by molar-refractivity contribution is 5.88. The molecule has 0 aliphatic heterocycles. The van der Waals surface area contributed by atoms with Gasteiger partial charge in [-0.25, -0.2) is 4.98 Å². The molecule has 0 aliphatic rings. The van der Waals surface area contributed by atoms with E-state index < -0.39 is 0 Å². The van der Waals surface area contributed by atoms with Gasteiger partial charge >= 0.3 is 0 Å². The van der Waals surface area contributed by atoms with E-state index in [0.717, 1.165) is 28.4 Å². The van der Waals surface area contributed by atoms with E-state index in [4.69, 9.17) is 4.74 Å². The van der Waals surface area contributed by atoms with Gasteiger partial charge in [-0.15, -0.1) is 0 Å². The number of carbonyl (C=O) groups excluding carboxylic acids is 1. The number of nitrogens with zero attached hydrogens (tertiary/aromatic N) is 3. The molecule has 0 bridgehead atoms. The normalized spacial score (nSPS) is 10.9. The highest BCUT2D eigenvalue weighted by atomic mass is 16.5. The zero-order valence-corrected chi connectivity index (χ0v) is 15.4. The fourth-order valence-electron chi connectivity index (χ4n) is 3.28. The fraction of sp³-hybridized carbons (Fsp3) is 0.136. The average Bonchev–Trinajstić information content (AvgIpc) is 3.10. The first-order valence-corrected chi connectivity index (χ1v) is 8.97. The molecule has 0 fully saturated rings. The number of aromatic nitrogens is 3. The van der Waals surface area contributed by atoms with Gasteiger partial charge < -0.3 is 4.74 Å². The molecule has 0 amide bonds. The topological polar surface area (TPSA) is 66.1 Å². The van der Waals surface area contributed by atoms with Gasteiger partial charge in [0, 0.05) is 30.6 Å². The Bertz CT molecular complexity index is 1190. The number of hydrogen-bond donors (Lipinski definition) is 0. The van der Waals surface area contributed by atoms with Crippen molar-refractivity contribution in [1.82, 2.24) is 14.1 Å². The Hall–Kier alpha value is -3.67. The van der Waals surface area contributed by atoms with Crippen molar-refractivity contribution in [2.24, 2.45) is 7.05 Å². The zero-order valence-electron chi connectivity index (χ0n) is 15.4. The van der Waals surface area contributed by atoms with Crippen molar-refractivity contribution < 1.29 is 9.53 Å². The first-order valence-electron chi connectivity index (χ1n) is 8.97. The Morgan fingerprint density at radius 2 is 1.82 bits per heavy atom. The van der Waals surface area contributed by atoms with Crippen LogP contribution in [0.2, 0.25) is 0 Å². The summed E-state index contributed by atoms with van der Waals surface area (Å²) in [5, 5.41) is 1.02. The van der Waals surface area contributed by atoms with Crippen molar-refractivity contribution in [2.45, 2.75) is 6.42 Å². The lowest BCUT2D eigenvalue weighted by Gasteiger charge is -2.11. The predicted molar refractivity (Wildman–Crippen MR) is 108 cm³/mol. The lowest BCUT2D eigenvalue weighted by molar-refractivity contribution is 0.293. The van der Waals surface area contributed by atoms with Crippen LogP contribution in [0.3, 0.4) is 0 Å². The van der Waals surface area contributed by atoms with E-state index in [1.807, 2.05) is 60.8 Å². The lowest BCUT2D eigenvalue weighted by atomic mass is 10.1. The molecule has 6 heteroatoms. The Kier molecular flexibility index (Phi) is 4.76. The molecular formula is C22H19N3O3. The molecule has 0 unspecified atom stereocenters. The second-order valence-corrected chi connectivity index (χ2v) is 6.46. The molecule has 0 atom stereocenters. The summed E-state index contributed by atoms with van der Waals surface area (Å²) in [5.74, 6) is 0.406. The fourth-order valence-corrected chi connectivity index (χ4v) is 3.28. The van der Waals surface area contributed by atoms with Crippen LogP contribution >= 0.6 is 0 Å². The van der Waals surface area contributed by atoms with E-state index in [1.165, 1.54) is 4.57 Å². The summed E-state index contributed by atoms with van der Waals surface area (Å²) in [6, 6.07) is 17.1. The highest BCUT2D eigenvalue weighted by Gasteiger charge is 2.11. The monoisotopic (exact) mass is 373 g/mol. The quantitative estimate of drug-likeness (QED) is 0.487. The SMILES string of the molecule is Cn1c(OCCc2cn(C=O)c3ccccc23)cnc(-c2ccccc2)c1=O. The van der Waals surface area contributed by atoms with Crippen molar-refractivity contribution >= 4 is 17.3 Å². The van der Waals surface area contributed by atoms with Gasteiger partial charge in [0.25, 0.3) is 5.56 Å². The van der Waals surface area contributed by atoms with Gasteiger partial charge in [0.15, 0.2) is 0 Å². The Labute approximate surface area is 161 Å². The van der Waals surface area contributed by atoms with E-state index in [1.54, 1.807) is 17.8 Å². The number of ether oxygens (including phenoxy) is 1. The smallest absolute Gasteiger partial charge is 0.279 e. The molecule has 0 N–H and O–H groups in total. The summed E-state index contributed by atoms with van der Waals surface area (Å²) in [4.78, 5) is 28.2. The lowest BCUT2D eigenvalue weighted by Crippen LogP contribution is -2.22. The molecule has 0 saturated heterocycles. The van der Waals surface area contributed by atoms with Gasteiger partial charge in [0.1, 0.15) is 5.69 Å². The standard InChI is InChI=1S/C22H19N3O3/c1-24-20(13-23-21(22(24)27)16-7-3-2-4-8-16)28-12-11-17-14-25(15-26)19-10-6-5-9-18(17)19/h2-10,13-15H,11-12H2,1H3. The van der Waals surface area contributed by atoms with Crippen LogP contribution in [-0.2, 0) is 18.3 Å². The third-order valence-electron chi connectivity index (χ3n) is 4.75. The van der Waals surface area contributed by atoms with Crippen molar-refractivity contribution in [2.75, 3.05) is 6.61 Å². The van der Waals surface area contributed by atoms with Crippen LogP contribution in [0.5, 0.6) is 5.88 Å². The third-order valence-corrected chi connectivity index (χ3v) is 4.75. The van der Waals surface area contributed by atoms with Crippen molar-refractivity contribution in [3.05, 3.63) is 82.9 Å². The number of hydrogen-bond acceptors (Lipinski definition) is 4. The molecule has 6 nitrogen and oxygen atoms in total. The zero-order chi connectivity index (χ0) is 19.5. The summed E-state index contributed by atoms with van der Waals surface area (Å²) >= 11 is 0. The van der Waals surface area contributed by atoms with Crippen LogP contribution in [0.15, 0.2) is 71.8 Å². The number of fused-ring (bicyclic) bond motifs is 1. The molecule has 4 rings (SSSR count). The van der Waals surface area contributed by atoms with Crippen LogP contribution in [0.25, 0.3) is 22.2 Å². The minimum atomic E-state index is -0.207. The van der Waals surface area contributed by atoms with E-state index in [-0.39, 0.29) is 5.56 Å². The van der Waals surface area contributed by atoms with E-state index in [9.17, 15) is 9.59 Å². The summed E-state index contributed by atoms with van der Waals surface area (Å²) < 4.78 is 8.84. The van der Waals surface area contributed by atoms with Gasteiger partial charge in [0.2, 0.25) is 12.3 Å². The van der Waals surface area contributed by atoms with Gasteiger partial charge in [-0.1, -0.05) is 48.5 Å². The largest absolute Gasteiger partial charge is 0.477 e. The highest BCUT2D eigenvalue weighted by Crippen LogP contribution is 2.21. The van der Waals surface area contributed by atoms with E-state index in [0.29, 0.717) is 24.6 Å². The molecule has 2 aromatic heterocycles. The molecule has 4 aromatic rings. The molecular weight excluding hydrogens is 354 g/mol.